The Morgan fingerprint density at radius 3 is 2.93 bits per heavy atom. The zero-order chi connectivity index (χ0) is 10.6. The summed E-state index contributed by atoms with van der Waals surface area (Å²) >= 11 is 0. The summed E-state index contributed by atoms with van der Waals surface area (Å²) in [6, 6.07) is 0. The Morgan fingerprint density at radius 2 is 2.36 bits per heavy atom. The molecule has 1 aliphatic heterocycles. The van der Waals surface area contributed by atoms with Crippen molar-refractivity contribution in [3.05, 3.63) is 0 Å². The number of hydrogen-bond acceptors (Lipinski definition) is 5. The van der Waals surface area contributed by atoms with Gasteiger partial charge < -0.3 is 9.84 Å². The lowest BCUT2D eigenvalue weighted by molar-refractivity contribution is -0.132. The summed E-state index contributed by atoms with van der Waals surface area (Å²) in [6.07, 6.45) is -0.421. The molecule has 0 radical (unpaired) electrons. The summed E-state index contributed by atoms with van der Waals surface area (Å²) in [6.45, 7) is 2.34. The molecule has 0 aromatic rings. The highest BCUT2D eigenvalue weighted by atomic mass is 32.2. The molecule has 1 aliphatic rings. The fraction of sp³-hybridized carbons (Fsp3) is 1.00. The average Bonchev–Trinajstić information content (AvgIpc) is 2.15. The molecule has 1 fully saturated rings. The minimum Gasteiger partial charge on any atom is -0.367 e. The van der Waals surface area contributed by atoms with Gasteiger partial charge in [0, 0.05) is 6.54 Å². The van der Waals surface area contributed by atoms with Crippen LogP contribution in [0.5, 0.6) is 0 Å². The predicted octanol–water partition coefficient (Wildman–Crippen LogP) is -0.692. The average molecular weight is 225 g/mol. The van der Waals surface area contributed by atoms with Gasteiger partial charge in [0.1, 0.15) is 0 Å². The van der Waals surface area contributed by atoms with Crippen LogP contribution in [0.15, 0.2) is 0 Å². The van der Waals surface area contributed by atoms with E-state index in [2.05, 4.69) is 0 Å². The molecule has 1 rings (SSSR count). The molecule has 0 bridgehead atoms. The van der Waals surface area contributed by atoms with Crippen molar-refractivity contribution >= 4 is 10.3 Å². The van der Waals surface area contributed by atoms with Gasteiger partial charge in [-0.05, 0) is 6.42 Å². The molecule has 0 aromatic carbocycles. The van der Waals surface area contributed by atoms with Crippen molar-refractivity contribution in [3.8, 4) is 0 Å². The van der Waals surface area contributed by atoms with Crippen LogP contribution >= 0.6 is 0 Å². The van der Waals surface area contributed by atoms with Gasteiger partial charge in [0.2, 0.25) is 0 Å². The summed E-state index contributed by atoms with van der Waals surface area (Å²) in [5.41, 5.74) is 0. The lowest BCUT2D eigenvalue weighted by Gasteiger charge is -2.28. The van der Waals surface area contributed by atoms with E-state index in [9.17, 15) is 8.42 Å². The van der Waals surface area contributed by atoms with Crippen LogP contribution in [0.3, 0.4) is 0 Å². The third kappa shape index (κ3) is 3.18. The monoisotopic (exact) mass is 225 g/mol. The topological polar surface area (TPSA) is 76.1 Å². The van der Waals surface area contributed by atoms with Crippen LogP contribution in [0.2, 0.25) is 0 Å². The Hall–Kier alpha value is -0.210. The van der Waals surface area contributed by atoms with Crippen LogP contribution in [-0.4, -0.2) is 50.4 Å². The van der Waals surface area contributed by atoms with E-state index < -0.39 is 16.6 Å². The molecule has 0 amide bonds. The molecule has 0 aromatic heterocycles. The lowest BCUT2D eigenvalue weighted by Crippen LogP contribution is -2.46. The van der Waals surface area contributed by atoms with Gasteiger partial charge in [-0.25, -0.2) is 0 Å². The number of hydrogen-bond donors (Lipinski definition) is 1. The van der Waals surface area contributed by atoms with Crippen LogP contribution in [0, 0.1) is 0 Å². The highest BCUT2D eigenvalue weighted by molar-refractivity contribution is 7.84. The van der Waals surface area contributed by atoms with E-state index >= 15 is 0 Å². The Bertz CT molecular complexity index is 265. The lowest BCUT2D eigenvalue weighted by atomic mass is 10.5. The zero-order valence-corrected chi connectivity index (χ0v) is 8.87. The Balaban J connectivity index is 2.53. The third-order valence-electron chi connectivity index (χ3n) is 1.76. The predicted molar refractivity (Wildman–Crippen MR) is 48.7 cm³/mol. The van der Waals surface area contributed by atoms with Crippen molar-refractivity contribution < 1.29 is 22.4 Å². The van der Waals surface area contributed by atoms with Crippen molar-refractivity contribution in [2.75, 3.05) is 26.3 Å². The van der Waals surface area contributed by atoms with E-state index in [0.29, 0.717) is 6.42 Å². The highest BCUT2D eigenvalue weighted by Crippen LogP contribution is 2.10. The molecule has 1 atom stereocenters. The Kier molecular flexibility index (Phi) is 4.27. The number of morpholine rings is 1. The number of nitrogens with zero attached hydrogens (tertiary/aromatic N) is 1. The maximum atomic E-state index is 11.4. The van der Waals surface area contributed by atoms with E-state index in [0.717, 1.165) is 4.31 Å². The van der Waals surface area contributed by atoms with Gasteiger partial charge in [-0.15, -0.1) is 0 Å². The summed E-state index contributed by atoms with van der Waals surface area (Å²) in [5.74, 6) is 0. The summed E-state index contributed by atoms with van der Waals surface area (Å²) in [7, 11) is -3.69. The van der Waals surface area contributed by atoms with Crippen LogP contribution in [0.4, 0.5) is 0 Å². The van der Waals surface area contributed by atoms with E-state index in [-0.39, 0.29) is 26.3 Å². The zero-order valence-electron chi connectivity index (χ0n) is 8.05. The van der Waals surface area contributed by atoms with E-state index in [1.165, 1.54) is 0 Å². The van der Waals surface area contributed by atoms with E-state index in [1.54, 1.807) is 0 Å². The fourth-order valence-corrected chi connectivity index (χ4v) is 2.21. The molecular weight excluding hydrogens is 210 g/mol. The van der Waals surface area contributed by atoms with Crippen molar-refractivity contribution in [2.45, 2.75) is 19.6 Å². The van der Waals surface area contributed by atoms with Gasteiger partial charge in [-0.2, -0.15) is 12.7 Å². The number of β-amino-alcohol motifs (C(OH)–C–C–N with tert-alkyl or cyclic N) is 1. The molecule has 1 saturated heterocycles. The van der Waals surface area contributed by atoms with E-state index in [1.807, 2.05) is 6.92 Å². The molecule has 1 heterocycles. The molecular formula is C7H15NO5S. The molecule has 84 valence electrons. The molecule has 14 heavy (non-hydrogen) atoms. The number of aliphatic hydroxyl groups is 1. The number of aliphatic hydroxyl groups excluding tert-OH is 1. The molecule has 7 heteroatoms. The second-order valence-electron chi connectivity index (χ2n) is 2.96. The summed E-state index contributed by atoms with van der Waals surface area (Å²) in [4.78, 5) is 0. The second-order valence-corrected chi connectivity index (χ2v) is 4.57. The first-order valence-electron chi connectivity index (χ1n) is 4.50. The second kappa shape index (κ2) is 5.04. The Morgan fingerprint density at radius 1 is 1.64 bits per heavy atom. The largest absolute Gasteiger partial charge is 0.367 e. The van der Waals surface area contributed by atoms with Crippen molar-refractivity contribution in [3.63, 3.8) is 0 Å². The van der Waals surface area contributed by atoms with Crippen LogP contribution in [-0.2, 0) is 19.2 Å². The first-order valence-corrected chi connectivity index (χ1v) is 5.87. The van der Waals surface area contributed by atoms with E-state index in [4.69, 9.17) is 14.0 Å². The molecule has 0 saturated carbocycles. The standard InChI is InChI=1S/C7H15NO5S/c1-2-4-13-14(10,11)8-3-5-12-7(9)6-8/h7,9H,2-6H2,1H3. The first-order chi connectivity index (χ1) is 6.56. The third-order valence-corrected chi connectivity index (χ3v) is 3.19. The SMILES string of the molecule is CCCOS(=O)(=O)N1CCOC(O)C1. The number of ether oxygens (including phenoxy) is 1. The Labute approximate surface area is 83.7 Å². The van der Waals surface area contributed by atoms with Crippen LogP contribution < -0.4 is 0 Å². The van der Waals surface area contributed by atoms with Crippen molar-refractivity contribution in [2.24, 2.45) is 0 Å². The van der Waals surface area contributed by atoms with Crippen LogP contribution in [0.1, 0.15) is 13.3 Å². The molecule has 6 nitrogen and oxygen atoms in total. The van der Waals surface area contributed by atoms with Crippen molar-refractivity contribution in [1.82, 2.24) is 4.31 Å². The minimum absolute atomic E-state index is 0.0634. The maximum Gasteiger partial charge on any atom is 0.338 e. The van der Waals surface area contributed by atoms with Gasteiger partial charge in [0.15, 0.2) is 6.29 Å². The molecule has 0 spiro atoms. The van der Waals surface area contributed by atoms with Gasteiger partial charge in [-0.1, -0.05) is 6.92 Å². The summed E-state index contributed by atoms with van der Waals surface area (Å²) in [5, 5.41) is 9.08. The molecule has 1 N–H and O–H groups in total. The van der Waals surface area contributed by atoms with Gasteiger partial charge in [0.05, 0.1) is 19.8 Å². The smallest absolute Gasteiger partial charge is 0.338 e. The fourth-order valence-electron chi connectivity index (χ4n) is 1.08. The maximum absolute atomic E-state index is 11.4. The summed E-state index contributed by atoms with van der Waals surface area (Å²) < 4.78 is 33.4. The molecule has 0 aliphatic carbocycles. The van der Waals surface area contributed by atoms with Crippen LogP contribution in [0.25, 0.3) is 0 Å². The van der Waals surface area contributed by atoms with Gasteiger partial charge in [0.25, 0.3) is 0 Å². The van der Waals surface area contributed by atoms with Gasteiger partial charge >= 0.3 is 10.3 Å². The van der Waals surface area contributed by atoms with Crippen molar-refractivity contribution in [1.29, 1.82) is 0 Å². The molecule has 1 unspecified atom stereocenters. The normalized spacial score (nSPS) is 25.1. The number of rotatable bonds is 4. The first kappa shape index (κ1) is 11.9. The minimum atomic E-state index is -3.69. The highest BCUT2D eigenvalue weighted by Gasteiger charge is 2.28. The quantitative estimate of drug-likeness (QED) is 0.685. The van der Waals surface area contributed by atoms with Gasteiger partial charge in [-0.3, -0.25) is 4.18 Å².